The molecule has 94 valence electrons. The zero-order valence-corrected chi connectivity index (χ0v) is 9.27. The first kappa shape index (κ1) is 11.1. The highest BCUT2D eigenvalue weighted by Crippen LogP contribution is 2.20. The second-order valence-corrected chi connectivity index (χ2v) is 4.28. The molecule has 0 unspecified atom stereocenters. The van der Waals surface area contributed by atoms with Crippen LogP contribution in [0, 0.1) is 17.5 Å². The lowest BCUT2D eigenvalue weighted by Crippen LogP contribution is -2.18. The first-order valence-electron chi connectivity index (χ1n) is 5.55. The average molecular weight is 254 g/mol. The SMILES string of the molecule is O=c1c2c([nH]n1-c1cc(F)c(F)cc1F)CCC2. The fraction of sp³-hybridized carbons (Fsp3) is 0.250. The van der Waals surface area contributed by atoms with E-state index in [2.05, 4.69) is 5.10 Å². The van der Waals surface area contributed by atoms with Gasteiger partial charge in [-0.1, -0.05) is 0 Å². The van der Waals surface area contributed by atoms with E-state index in [0.29, 0.717) is 30.5 Å². The molecule has 0 saturated heterocycles. The Balaban J connectivity index is 2.22. The molecule has 18 heavy (non-hydrogen) atoms. The monoisotopic (exact) mass is 254 g/mol. The van der Waals surface area contributed by atoms with Gasteiger partial charge in [-0.05, 0) is 19.3 Å². The molecule has 0 atom stereocenters. The van der Waals surface area contributed by atoms with Crippen molar-refractivity contribution in [2.24, 2.45) is 0 Å². The molecule has 1 aromatic carbocycles. The third kappa shape index (κ3) is 1.48. The maximum absolute atomic E-state index is 13.6. The molecule has 0 bridgehead atoms. The molecule has 0 fully saturated rings. The molecule has 1 aliphatic carbocycles. The van der Waals surface area contributed by atoms with Crippen molar-refractivity contribution in [1.82, 2.24) is 9.78 Å². The standard InChI is InChI=1S/C12H9F3N2O/c13-7-4-9(15)11(5-8(7)14)17-12(18)6-2-1-3-10(6)16-17/h4-5,16H,1-3H2. The van der Waals surface area contributed by atoms with Crippen LogP contribution in [0.25, 0.3) is 5.69 Å². The van der Waals surface area contributed by atoms with E-state index in [1.807, 2.05) is 0 Å². The maximum Gasteiger partial charge on any atom is 0.274 e. The fourth-order valence-corrected chi connectivity index (χ4v) is 2.28. The first-order valence-corrected chi connectivity index (χ1v) is 5.55. The number of nitrogens with one attached hydrogen (secondary N) is 1. The Kier molecular flexibility index (Phi) is 2.33. The van der Waals surface area contributed by atoms with Gasteiger partial charge < -0.3 is 0 Å². The molecular weight excluding hydrogens is 245 g/mol. The molecule has 1 aromatic heterocycles. The summed E-state index contributed by atoms with van der Waals surface area (Å²) in [5, 5.41) is 2.74. The van der Waals surface area contributed by atoms with Gasteiger partial charge in [-0.2, -0.15) is 0 Å². The van der Waals surface area contributed by atoms with Crippen molar-refractivity contribution in [3.8, 4) is 5.69 Å². The Bertz CT molecular complexity index is 687. The lowest BCUT2D eigenvalue weighted by molar-refractivity contribution is 0.491. The normalized spacial score (nSPS) is 13.9. The van der Waals surface area contributed by atoms with Crippen molar-refractivity contribution >= 4 is 0 Å². The predicted octanol–water partition coefficient (Wildman–Crippen LogP) is 2.07. The number of fused-ring (bicyclic) bond motifs is 1. The van der Waals surface area contributed by atoms with Crippen molar-refractivity contribution in [3.63, 3.8) is 0 Å². The molecule has 0 spiro atoms. The summed E-state index contributed by atoms with van der Waals surface area (Å²) < 4.78 is 40.4. The van der Waals surface area contributed by atoms with Crippen molar-refractivity contribution < 1.29 is 13.2 Å². The van der Waals surface area contributed by atoms with Gasteiger partial charge in [0.05, 0.1) is 0 Å². The number of H-pyrrole nitrogens is 1. The van der Waals surface area contributed by atoms with Crippen molar-refractivity contribution in [1.29, 1.82) is 0 Å². The van der Waals surface area contributed by atoms with E-state index >= 15 is 0 Å². The minimum absolute atomic E-state index is 0.298. The van der Waals surface area contributed by atoms with Gasteiger partial charge in [0.2, 0.25) is 0 Å². The van der Waals surface area contributed by atoms with Gasteiger partial charge in [0, 0.05) is 23.4 Å². The van der Waals surface area contributed by atoms with Crippen LogP contribution in [-0.2, 0) is 12.8 Å². The van der Waals surface area contributed by atoms with E-state index in [4.69, 9.17) is 0 Å². The van der Waals surface area contributed by atoms with Gasteiger partial charge >= 0.3 is 0 Å². The Morgan fingerprint density at radius 1 is 1.06 bits per heavy atom. The fourth-order valence-electron chi connectivity index (χ4n) is 2.28. The second kappa shape index (κ2) is 3.76. The predicted molar refractivity (Wildman–Crippen MR) is 58.3 cm³/mol. The number of aromatic amines is 1. The topological polar surface area (TPSA) is 37.8 Å². The maximum atomic E-state index is 13.6. The van der Waals surface area contributed by atoms with Crippen LogP contribution >= 0.6 is 0 Å². The van der Waals surface area contributed by atoms with Crippen LogP contribution in [0.2, 0.25) is 0 Å². The molecule has 6 heteroatoms. The Hall–Kier alpha value is -1.98. The summed E-state index contributed by atoms with van der Waals surface area (Å²) in [4.78, 5) is 12.0. The lowest BCUT2D eigenvalue weighted by atomic mass is 10.2. The van der Waals surface area contributed by atoms with E-state index in [-0.39, 0.29) is 5.69 Å². The lowest BCUT2D eigenvalue weighted by Gasteiger charge is -2.05. The summed E-state index contributed by atoms with van der Waals surface area (Å²) in [5.41, 5.74) is 0.643. The highest BCUT2D eigenvalue weighted by Gasteiger charge is 2.22. The van der Waals surface area contributed by atoms with Crippen molar-refractivity contribution in [3.05, 3.63) is 51.2 Å². The summed E-state index contributed by atoms with van der Waals surface area (Å²) >= 11 is 0. The number of halogens is 3. The van der Waals surface area contributed by atoms with Gasteiger partial charge in [-0.15, -0.1) is 0 Å². The third-order valence-corrected chi connectivity index (χ3v) is 3.16. The number of rotatable bonds is 1. The zero-order valence-electron chi connectivity index (χ0n) is 9.27. The molecule has 0 radical (unpaired) electrons. The van der Waals surface area contributed by atoms with E-state index in [0.717, 1.165) is 16.8 Å². The van der Waals surface area contributed by atoms with Crippen molar-refractivity contribution in [2.45, 2.75) is 19.3 Å². The van der Waals surface area contributed by atoms with Gasteiger partial charge in [0.25, 0.3) is 5.56 Å². The molecule has 0 saturated carbocycles. The summed E-state index contributed by atoms with van der Waals surface area (Å²) in [7, 11) is 0. The van der Waals surface area contributed by atoms with Crippen LogP contribution in [0.1, 0.15) is 17.7 Å². The molecule has 1 N–H and O–H groups in total. The van der Waals surface area contributed by atoms with Crippen LogP contribution in [0.15, 0.2) is 16.9 Å². The minimum Gasteiger partial charge on any atom is -0.295 e. The highest BCUT2D eigenvalue weighted by molar-refractivity contribution is 5.36. The summed E-state index contributed by atoms with van der Waals surface area (Å²) in [6.07, 6.45) is 2.21. The molecule has 3 nitrogen and oxygen atoms in total. The summed E-state index contributed by atoms with van der Waals surface area (Å²) in [5.74, 6) is -3.44. The minimum atomic E-state index is -1.27. The Labute approximate surface area is 99.8 Å². The Morgan fingerprint density at radius 2 is 1.78 bits per heavy atom. The van der Waals surface area contributed by atoms with E-state index < -0.39 is 23.0 Å². The summed E-state index contributed by atoms with van der Waals surface area (Å²) in [6, 6.07) is 1.11. The molecule has 1 heterocycles. The smallest absolute Gasteiger partial charge is 0.274 e. The second-order valence-electron chi connectivity index (χ2n) is 4.28. The Morgan fingerprint density at radius 3 is 2.50 bits per heavy atom. The third-order valence-electron chi connectivity index (χ3n) is 3.16. The number of aromatic nitrogens is 2. The number of aryl methyl sites for hydroxylation is 1. The van der Waals surface area contributed by atoms with E-state index in [1.54, 1.807) is 0 Å². The number of hydrogen-bond donors (Lipinski definition) is 1. The van der Waals surface area contributed by atoms with Crippen LogP contribution in [-0.4, -0.2) is 9.78 Å². The largest absolute Gasteiger partial charge is 0.295 e. The quantitative estimate of drug-likeness (QED) is 0.777. The average Bonchev–Trinajstić information content (AvgIpc) is 2.88. The molecule has 1 aliphatic rings. The van der Waals surface area contributed by atoms with Gasteiger partial charge in [0.15, 0.2) is 17.5 Å². The van der Waals surface area contributed by atoms with Crippen molar-refractivity contribution in [2.75, 3.05) is 0 Å². The van der Waals surface area contributed by atoms with Gasteiger partial charge in [-0.25, -0.2) is 17.9 Å². The molecular formula is C12H9F3N2O. The van der Waals surface area contributed by atoms with Gasteiger partial charge in [-0.3, -0.25) is 9.89 Å². The summed E-state index contributed by atoms with van der Waals surface area (Å²) in [6.45, 7) is 0. The molecule has 2 aromatic rings. The van der Waals surface area contributed by atoms with Crippen LogP contribution in [0.3, 0.4) is 0 Å². The zero-order chi connectivity index (χ0) is 12.9. The van der Waals surface area contributed by atoms with E-state index in [9.17, 15) is 18.0 Å². The molecule has 0 amide bonds. The van der Waals surface area contributed by atoms with Crippen LogP contribution < -0.4 is 5.56 Å². The number of benzene rings is 1. The highest BCUT2D eigenvalue weighted by atomic mass is 19.2. The molecule has 0 aliphatic heterocycles. The van der Waals surface area contributed by atoms with Gasteiger partial charge in [0.1, 0.15) is 5.69 Å². The van der Waals surface area contributed by atoms with Crippen LogP contribution in [0.5, 0.6) is 0 Å². The van der Waals surface area contributed by atoms with Crippen LogP contribution in [0.4, 0.5) is 13.2 Å². The molecule has 3 rings (SSSR count). The first-order chi connectivity index (χ1) is 8.58. The number of nitrogens with zero attached hydrogens (tertiary/aromatic N) is 1. The van der Waals surface area contributed by atoms with E-state index in [1.165, 1.54) is 0 Å². The number of hydrogen-bond acceptors (Lipinski definition) is 1.